The SMILES string of the molecule is COc1ccc(C(O)C(C)(C)[N+](=O)[O-])cc1OC. The van der Waals surface area contributed by atoms with Gasteiger partial charge in [0.2, 0.25) is 5.54 Å². The quantitative estimate of drug-likeness (QED) is 0.640. The molecule has 0 heterocycles. The van der Waals surface area contributed by atoms with Crippen molar-refractivity contribution in [3.8, 4) is 11.5 Å². The number of aliphatic hydroxyl groups excluding tert-OH is 1. The van der Waals surface area contributed by atoms with Crippen molar-refractivity contribution in [2.75, 3.05) is 14.2 Å². The smallest absolute Gasteiger partial charge is 0.246 e. The van der Waals surface area contributed by atoms with Crippen molar-refractivity contribution in [3.63, 3.8) is 0 Å². The van der Waals surface area contributed by atoms with Crippen LogP contribution in [0, 0.1) is 10.1 Å². The van der Waals surface area contributed by atoms with Crippen LogP contribution in [-0.4, -0.2) is 29.8 Å². The minimum absolute atomic E-state index is 0.411. The molecule has 0 radical (unpaired) electrons. The summed E-state index contributed by atoms with van der Waals surface area (Å²) in [5, 5.41) is 21.0. The third kappa shape index (κ3) is 2.53. The Morgan fingerprint density at radius 2 is 1.83 bits per heavy atom. The zero-order chi connectivity index (χ0) is 13.9. The van der Waals surface area contributed by atoms with E-state index in [0.717, 1.165) is 0 Å². The van der Waals surface area contributed by atoms with E-state index in [1.54, 1.807) is 12.1 Å². The van der Waals surface area contributed by atoms with Crippen LogP contribution in [0.2, 0.25) is 0 Å². The van der Waals surface area contributed by atoms with Crippen LogP contribution < -0.4 is 9.47 Å². The summed E-state index contributed by atoms with van der Waals surface area (Å²) in [5.41, 5.74) is -1.06. The third-order valence-corrected chi connectivity index (χ3v) is 2.86. The van der Waals surface area contributed by atoms with Crippen LogP contribution in [0.1, 0.15) is 25.5 Å². The van der Waals surface area contributed by atoms with Crippen molar-refractivity contribution < 1.29 is 19.5 Å². The number of nitrogens with zero attached hydrogens (tertiary/aromatic N) is 1. The number of nitro groups is 1. The van der Waals surface area contributed by atoms with Gasteiger partial charge in [-0.3, -0.25) is 10.1 Å². The van der Waals surface area contributed by atoms with Gasteiger partial charge in [0.15, 0.2) is 11.5 Å². The Labute approximate surface area is 105 Å². The molecule has 18 heavy (non-hydrogen) atoms. The van der Waals surface area contributed by atoms with Gasteiger partial charge in [0.1, 0.15) is 6.10 Å². The maximum Gasteiger partial charge on any atom is 0.246 e. The molecule has 0 aromatic heterocycles. The molecule has 0 saturated heterocycles. The second-order valence-electron chi connectivity index (χ2n) is 4.43. The fraction of sp³-hybridized carbons (Fsp3) is 0.500. The van der Waals surface area contributed by atoms with Crippen molar-refractivity contribution in [3.05, 3.63) is 33.9 Å². The molecule has 100 valence electrons. The minimum Gasteiger partial charge on any atom is -0.493 e. The highest BCUT2D eigenvalue weighted by molar-refractivity contribution is 5.43. The second-order valence-corrected chi connectivity index (χ2v) is 4.43. The van der Waals surface area contributed by atoms with E-state index < -0.39 is 16.6 Å². The molecule has 1 rings (SSSR count). The first-order chi connectivity index (χ1) is 8.34. The lowest BCUT2D eigenvalue weighted by Crippen LogP contribution is -2.38. The number of benzene rings is 1. The molecule has 0 spiro atoms. The first-order valence-electron chi connectivity index (χ1n) is 5.39. The molecular weight excluding hydrogens is 238 g/mol. The van der Waals surface area contributed by atoms with Crippen LogP contribution in [0.25, 0.3) is 0 Å². The number of hydrogen-bond acceptors (Lipinski definition) is 5. The summed E-state index contributed by atoms with van der Waals surface area (Å²) in [6.45, 7) is 2.74. The zero-order valence-electron chi connectivity index (χ0n) is 10.8. The van der Waals surface area contributed by atoms with E-state index in [2.05, 4.69) is 0 Å². The maximum absolute atomic E-state index is 10.9. The number of methoxy groups -OCH3 is 2. The molecule has 1 aromatic rings. The van der Waals surface area contributed by atoms with Crippen molar-refractivity contribution in [1.82, 2.24) is 0 Å². The fourth-order valence-corrected chi connectivity index (χ4v) is 1.53. The predicted octanol–water partition coefficient (Wildman–Crippen LogP) is 1.79. The lowest BCUT2D eigenvalue weighted by molar-refractivity contribution is -0.575. The van der Waals surface area contributed by atoms with Gasteiger partial charge in [0.05, 0.1) is 14.2 Å². The molecular formula is C12H17NO5. The first-order valence-corrected chi connectivity index (χ1v) is 5.39. The van der Waals surface area contributed by atoms with E-state index in [-0.39, 0.29) is 0 Å². The Balaban J connectivity index is 3.15. The standard InChI is InChI=1S/C12H17NO5/c1-12(2,13(15)16)11(14)8-5-6-9(17-3)10(7-8)18-4/h5-7,11,14H,1-4H3. The van der Waals surface area contributed by atoms with Gasteiger partial charge in [0.25, 0.3) is 0 Å². The molecule has 0 aliphatic carbocycles. The summed E-state index contributed by atoms with van der Waals surface area (Å²) in [6, 6.07) is 4.72. The Morgan fingerprint density at radius 3 is 2.28 bits per heavy atom. The second kappa shape index (κ2) is 5.22. The lowest BCUT2D eigenvalue weighted by Gasteiger charge is -2.23. The van der Waals surface area contributed by atoms with Gasteiger partial charge in [0, 0.05) is 18.8 Å². The molecule has 1 N–H and O–H groups in total. The highest BCUT2D eigenvalue weighted by Gasteiger charge is 2.41. The zero-order valence-corrected chi connectivity index (χ0v) is 10.8. The Kier molecular flexibility index (Phi) is 4.13. The van der Waals surface area contributed by atoms with E-state index >= 15 is 0 Å². The summed E-state index contributed by atoms with van der Waals surface area (Å²) in [5.74, 6) is 0.931. The minimum atomic E-state index is -1.47. The number of aliphatic hydroxyl groups is 1. The van der Waals surface area contributed by atoms with Gasteiger partial charge in [-0.25, -0.2) is 0 Å². The van der Waals surface area contributed by atoms with Gasteiger partial charge in [-0.05, 0) is 17.7 Å². The van der Waals surface area contributed by atoms with Crippen molar-refractivity contribution in [2.45, 2.75) is 25.5 Å². The number of ether oxygens (including phenoxy) is 2. The summed E-state index contributed by atoms with van der Waals surface area (Å²) >= 11 is 0. The maximum atomic E-state index is 10.9. The average molecular weight is 255 g/mol. The molecule has 0 bridgehead atoms. The van der Waals surface area contributed by atoms with E-state index in [1.807, 2.05) is 0 Å². The topological polar surface area (TPSA) is 81.8 Å². The summed E-state index contributed by atoms with van der Waals surface area (Å²) in [7, 11) is 2.96. The van der Waals surface area contributed by atoms with E-state index in [1.165, 1.54) is 34.1 Å². The van der Waals surface area contributed by atoms with Gasteiger partial charge in [-0.1, -0.05) is 6.07 Å². The highest BCUT2D eigenvalue weighted by atomic mass is 16.6. The number of rotatable bonds is 5. The van der Waals surface area contributed by atoms with Crippen LogP contribution in [0.5, 0.6) is 11.5 Å². The molecule has 1 aromatic carbocycles. The van der Waals surface area contributed by atoms with E-state index in [9.17, 15) is 15.2 Å². The van der Waals surface area contributed by atoms with E-state index in [0.29, 0.717) is 17.1 Å². The monoisotopic (exact) mass is 255 g/mol. The van der Waals surface area contributed by atoms with Gasteiger partial charge in [-0.15, -0.1) is 0 Å². The summed E-state index contributed by atoms with van der Waals surface area (Å²) < 4.78 is 10.2. The summed E-state index contributed by atoms with van der Waals surface area (Å²) in [6.07, 6.45) is -1.23. The molecule has 1 atom stereocenters. The van der Waals surface area contributed by atoms with Gasteiger partial charge in [-0.2, -0.15) is 0 Å². The molecule has 1 unspecified atom stereocenters. The molecule has 0 fully saturated rings. The van der Waals surface area contributed by atoms with Crippen molar-refractivity contribution in [1.29, 1.82) is 0 Å². The molecule has 0 saturated carbocycles. The van der Waals surface area contributed by atoms with Crippen LogP contribution in [0.15, 0.2) is 18.2 Å². The first kappa shape index (κ1) is 14.2. The van der Waals surface area contributed by atoms with E-state index in [4.69, 9.17) is 9.47 Å². The lowest BCUT2D eigenvalue weighted by atomic mass is 9.92. The van der Waals surface area contributed by atoms with Crippen molar-refractivity contribution in [2.24, 2.45) is 0 Å². The van der Waals surface area contributed by atoms with Crippen LogP contribution >= 0.6 is 0 Å². The van der Waals surface area contributed by atoms with Gasteiger partial charge < -0.3 is 14.6 Å². The van der Waals surface area contributed by atoms with Crippen LogP contribution in [-0.2, 0) is 0 Å². The molecule has 0 amide bonds. The molecule has 0 aliphatic heterocycles. The van der Waals surface area contributed by atoms with Crippen LogP contribution in [0.4, 0.5) is 0 Å². The van der Waals surface area contributed by atoms with Crippen molar-refractivity contribution >= 4 is 0 Å². The molecule has 6 heteroatoms. The molecule has 0 aliphatic rings. The Morgan fingerprint density at radius 1 is 1.28 bits per heavy atom. The third-order valence-electron chi connectivity index (χ3n) is 2.86. The predicted molar refractivity (Wildman–Crippen MR) is 65.6 cm³/mol. The summed E-state index contributed by atoms with van der Waals surface area (Å²) in [4.78, 5) is 10.4. The highest BCUT2D eigenvalue weighted by Crippen LogP contribution is 2.34. The number of hydrogen-bond donors (Lipinski definition) is 1. The molecule has 6 nitrogen and oxygen atoms in total. The average Bonchev–Trinajstić information content (AvgIpc) is 2.36. The normalized spacial score (nSPS) is 12.9. The fourth-order valence-electron chi connectivity index (χ4n) is 1.53. The van der Waals surface area contributed by atoms with Crippen LogP contribution in [0.3, 0.4) is 0 Å². The Hall–Kier alpha value is -1.82. The Bertz CT molecular complexity index is 444. The van der Waals surface area contributed by atoms with Gasteiger partial charge >= 0.3 is 0 Å². The largest absolute Gasteiger partial charge is 0.493 e.